The lowest BCUT2D eigenvalue weighted by Gasteiger charge is -2.30. The highest BCUT2D eigenvalue weighted by Gasteiger charge is 2.24. The Morgan fingerprint density at radius 2 is 2.15 bits per heavy atom. The molecule has 6 nitrogen and oxygen atoms in total. The van der Waals surface area contributed by atoms with Gasteiger partial charge in [0.1, 0.15) is 12.0 Å². The summed E-state index contributed by atoms with van der Waals surface area (Å²) in [4.78, 5) is 14.4. The smallest absolute Gasteiger partial charge is 0.290 e. The number of aromatic nitrogens is 1. The van der Waals surface area contributed by atoms with Crippen molar-refractivity contribution in [3.05, 3.63) is 27.9 Å². The van der Waals surface area contributed by atoms with Gasteiger partial charge in [0.05, 0.1) is 4.92 Å². The number of anilines is 1. The number of aryl methyl sites for hydroxylation is 1. The van der Waals surface area contributed by atoms with Crippen molar-refractivity contribution in [1.82, 2.24) is 4.98 Å². The first-order chi connectivity index (χ1) is 9.61. The Labute approximate surface area is 118 Å². The van der Waals surface area contributed by atoms with E-state index in [1.165, 1.54) is 19.0 Å². The molecule has 1 aromatic heterocycles. The number of aliphatic hydroxyl groups is 1. The molecule has 2 atom stereocenters. The summed E-state index contributed by atoms with van der Waals surface area (Å²) >= 11 is 0. The minimum Gasteiger partial charge on any atom is -0.396 e. The molecule has 1 heterocycles. The van der Waals surface area contributed by atoms with Crippen LogP contribution in [0.3, 0.4) is 0 Å². The highest BCUT2D eigenvalue weighted by atomic mass is 16.6. The van der Waals surface area contributed by atoms with Crippen LogP contribution in [0.2, 0.25) is 0 Å². The number of aliphatic hydroxyl groups excluding tert-OH is 1. The maximum atomic E-state index is 10.7. The van der Waals surface area contributed by atoms with E-state index in [4.69, 9.17) is 0 Å². The zero-order valence-electron chi connectivity index (χ0n) is 11.7. The maximum absolute atomic E-state index is 10.7. The molecule has 0 bridgehead atoms. The van der Waals surface area contributed by atoms with Crippen LogP contribution in [0.15, 0.2) is 12.3 Å². The van der Waals surface area contributed by atoms with Crippen LogP contribution in [-0.4, -0.2) is 28.2 Å². The lowest BCUT2D eigenvalue weighted by molar-refractivity contribution is -0.385. The van der Waals surface area contributed by atoms with E-state index in [9.17, 15) is 15.2 Å². The molecular weight excluding hydrogens is 258 g/mol. The van der Waals surface area contributed by atoms with E-state index in [1.54, 1.807) is 13.0 Å². The first-order valence-electron chi connectivity index (χ1n) is 7.07. The van der Waals surface area contributed by atoms with Gasteiger partial charge in [0.15, 0.2) is 0 Å². The molecule has 0 radical (unpaired) electrons. The molecule has 1 saturated carbocycles. The predicted octanol–water partition coefficient (Wildman–Crippen LogP) is 2.51. The molecule has 6 heteroatoms. The first kappa shape index (κ1) is 14.7. The van der Waals surface area contributed by atoms with Crippen molar-refractivity contribution in [2.45, 2.75) is 32.6 Å². The Bertz CT molecular complexity index is 479. The van der Waals surface area contributed by atoms with E-state index in [2.05, 4.69) is 10.3 Å². The van der Waals surface area contributed by atoms with Crippen molar-refractivity contribution in [1.29, 1.82) is 0 Å². The van der Waals surface area contributed by atoms with Crippen LogP contribution in [0.5, 0.6) is 0 Å². The molecule has 0 spiro atoms. The SMILES string of the molecule is Cc1cc(NCC2CCCCC2CO)ncc1[N+](=O)[O-]. The number of hydrogen-bond donors (Lipinski definition) is 2. The van der Waals surface area contributed by atoms with E-state index in [0.29, 0.717) is 23.2 Å². The summed E-state index contributed by atoms with van der Waals surface area (Å²) < 4.78 is 0. The molecule has 2 N–H and O–H groups in total. The summed E-state index contributed by atoms with van der Waals surface area (Å²) in [6, 6.07) is 1.70. The van der Waals surface area contributed by atoms with E-state index in [1.807, 2.05) is 0 Å². The van der Waals surface area contributed by atoms with Crippen LogP contribution in [0.25, 0.3) is 0 Å². The number of nitrogens with one attached hydrogen (secondary N) is 1. The molecule has 1 fully saturated rings. The van der Waals surface area contributed by atoms with Gasteiger partial charge >= 0.3 is 0 Å². The number of nitro groups is 1. The second-order valence-electron chi connectivity index (χ2n) is 5.48. The van der Waals surface area contributed by atoms with Crippen molar-refractivity contribution in [2.75, 3.05) is 18.5 Å². The predicted molar refractivity (Wildman–Crippen MR) is 76.7 cm³/mol. The highest BCUT2D eigenvalue weighted by Crippen LogP contribution is 2.30. The van der Waals surface area contributed by atoms with Gasteiger partial charge in [-0.1, -0.05) is 12.8 Å². The van der Waals surface area contributed by atoms with E-state index in [0.717, 1.165) is 19.4 Å². The fourth-order valence-electron chi connectivity index (χ4n) is 2.87. The van der Waals surface area contributed by atoms with Gasteiger partial charge in [-0.2, -0.15) is 0 Å². The molecule has 1 aromatic rings. The summed E-state index contributed by atoms with van der Waals surface area (Å²) in [5.74, 6) is 1.47. The Morgan fingerprint density at radius 1 is 1.45 bits per heavy atom. The summed E-state index contributed by atoms with van der Waals surface area (Å²) in [5.41, 5.74) is 0.649. The van der Waals surface area contributed by atoms with E-state index in [-0.39, 0.29) is 12.3 Å². The molecule has 0 saturated heterocycles. The fraction of sp³-hybridized carbons (Fsp3) is 0.643. The molecule has 2 rings (SSSR count). The Hall–Kier alpha value is -1.69. The van der Waals surface area contributed by atoms with Crippen LogP contribution in [0.4, 0.5) is 11.5 Å². The summed E-state index contributed by atoms with van der Waals surface area (Å²) in [6.45, 7) is 2.71. The quantitative estimate of drug-likeness (QED) is 0.638. The fourth-order valence-corrected chi connectivity index (χ4v) is 2.87. The third kappa shape index (κ3) is 3.45. The van der Waals surface area contributed by atoms with Gasteiger partial charge in [-0.3, -0.25) is 10.1 Å². The third-order valence-electron chi connectivity index (χ3n) is 4.13. The van der Waals surface area contributed by atoms with E-state index >= 15 is 0 Å². The van der Waals surface area contributed by atoms with Gasteiger partial charge in [0.25, 0.3) is 5.69 Å². The van der Waals surface area contributed by atoms with Crippen molar-refractivity contribution >= 4 is 11.5 Å². The topological polar surface area (TPSA) is 88.3 Å². The lowest BCUT2D eigenvalue weighted by Crippen LogP contribution is -2.28. The largest absolute Gasteiger partial charge is 0.396 e. The van der Waals surface area contributed by atoms with Crippen molar-refractivity contribution in [3.8, 4) is 0 Å². The van der Waals surface area contributed by atoms with Crippen LogP contribution >= 0.6 is 0 Å². The van der Waals surface area contributed by atoms with Crippen LogP contribution in [0.1, 0.15) is 31.2 Å². The lowest BCUT2D eigenvalue weighted by atomic mass is 9.79. The molecule has 0 aromatic carbocycles. The number of pyridine rings is 1. The Morgan fingerprint density at radius 3 is 2.75 bits per heavy atom. The zero-order chi connectivity index (χ0) is 14.5. The minimum absolute atomic E-state index is 0.0430. The normalized spacial score (nSPS) is 22.5. The van der Waals surface area contributed by atoms with Gasteiger partial charge in [-0.25, -0.2) is 4.98 Å². The highest BCUT2D eigenvalue weighted by molar-refractivity contribution is 5.46. The monoisotopic (exact) mass is 279 g/mol. The van der Waals surface area contributed by atoms with Gasteiger partial charge < -0.3 is 10.4 Å². The van der Waals surface area contributed by atoms with Crippen LogP contribution in [0, 0.1) is 28.9 Å². The van der Waals surface area contributed by atoms with Gasteiger partial charge in [0, 0.05) is 18.7 Å². The maximum Gasteiger partial charge on any atom is 0.290 e. The number of nitrogens with zero attached hydrogens (tertiary/aromatic N) is 2. The zero-order valence-corrected chi connectivity index (χ0v) is 11.7. The molecule has 0 amide bonds. The molecule has 20 heavy (non-hydrogen) atoms. The molecule has 2 unspecified atom stereocenters. The van der Waals surface area contributed by atoms with Crippen molar-refractivity contribution in [2.24, 2.45) is 11.8 Å². The van der Waals surface area contributed by atoms with Gasteiger partial charge in [0.2, 0.25) is 0 Å². The second-order valence-corrected chi connectivity index (χ2v) is 5.48. The molecular formula is C14H21N3O3. The van der Waals surface area contributed by atoms with Crippen LogP contribution < -0.4 is 5.32 Å². The number of hydrogen-bond acceptors (Lipinski definition) is 5. The van der Waals surface area contributed by atoms with Crippen molar-refractivity contribution in [3.63, 3.8) is 0 Å². The summed E-state index contributed by atoms with van der Waals surface area (Å²) in [6.07, 6.45) is 5.88. The first-order valence-corrected chi connectivity index (χ1v) is 7.07. The summed E-state index contributed by atoms with van der Waals surface area (Å²) in [7, 11) is 0. The third-order valence-corrected chi connectivity index (χ3v) is 4.13. The minimum atomic E-state index is -0.422. The molecule has 110 valence electrons. The average Bonchev–Trinajstić information content (AvgIpc) is 2.45. The summed E-state index contributed by atoms with van der Waals surface area (Å²) in [5, 5.41) is 23.4. The Balaban J connectivity index is 1.96. The average molecular weight is 279 g/mol. The van der Waals surface area contributed by atoms with Crippen molar-refractivity contribution < 1.29 is 10.0 Å². The van der Waals surface area contributed by atoms with Crippen LogP contribution in [-0.2, 0) is 0 Å². The van der Waals surface area contributed by atoms with Gasteiger partial charge in [-0.15, -0.1) is 0 Å². The van der Waals surface area contributed by atoms with E-state index < -0.39 is 4.92 Å². The Kier molecular flexibility index (Phi) is 4.89. The second kappa shape index (κ2) is 6.65. The molecule has 1 aliphatic carbocycles. The number of rotatable bonds is 5. The van der Waals surface area contributed by atoms with Gasteiger partial charge in [-0.05, 0) is 37.7 Å². The standard InChI is InChI=1S/C14H21N3O3/c1-10-6-14(16-8-13(10)17(19)20)15-7-11-4-2-3-5-12(11)9-18/h6,8,11-12,18H,2-5,7,9H2,1H3,(H,15,16). The molecule has 0 aliphatic heterocycles. The molecule has 1 aliphatic rings.